The predicted octanol–water partition coefficient (Wildman–Crippen LogP) is 1.80. The molecule has 2 atom stereocenters. The summed E-state index contributed by atoms with van der Waals surface area (Å²) in [7, 11) is 0. The lowest BCUT2D eigenvalue weighted by molar-refractivity contribution is 0.218. The summed E-state index contributed by atoms with van der Waals surface area (Å²) in [5.74, 6) is 0. The van der Waals surface area contributed by atoms with Crippen LogP contribution in [0.2, 0.25) is 0 Å². The molecule has 1 nitrogen and oxygen atoms in total. The highest BCUT2D eigenvalue weighted by Gasteiger charge is 2.19. The molecule has 0 aromatic heterocycles. The van der Waals surface area contributed by atoms with Gasteiger partial charge in [0, 0.05) is 6.04 Å². The summed E-state index contributed by atoms with van der Waals surface area (Å²) < 4.78 is 12.5. The molecule has 1 aliphatic carbocycles. The average Bonchev–Trinajstić information content (AvgIpc) is 1.77. The highest BCUT2D eigenvalue weighted by Crippen LogP contribution is 2.18. The van der Waals surface area contributed by atoms with Gasteiger partial charge in [-0.15, -0.1) is 17.0 Å². The van der Waals surface area contributed by atoms with Gasteiger partial charge in [0.05, 0.1) is 0 Å². The van der Waals surface area contributed by atoms with E-state index in [1.54, 1.807) is 0 Å². The van der Waals surface area contributed by atoms with Crippen LogP contribution >= 0.6 is 17.0 Å². The molecular weight excluding hydrogens is 185 g/mol. The maximum absolute atomic E-state index is 12.5. The van der Waals surface area contributed by atoms with Crippen LogP contribution in [0.5, 0.6) is 0 Å². The third-order valence-electron chi connectivity index (χ3n) is 1.73. The van der Waals surface area contributed by atoms with E-state index in [1.807, 2.05) is 0 Å². The van der Waals surface area contributed by atoms with Crippen LogP contribution in [0.15, 0.2) is 0 Å². The summed E-state index contributed by atoms with van der Waals surface area (Å²) in [6.45, 7) is 0. The van der Waals surface area contributed by atoms with E-state index in [9.17, 15) is 4.39 Å². The van der Waals surface area contributed by atoms with Crippen molar-refractivity contribution in [3.8, 4) is 0 Å². The molecule has 0 bridgehead atoms. The molecule has 0 aromatic rings. The van der Waals surface area contributed by atoms with Crippen molar-refractivity contribution < 1.29 is 4.39 Å². The molecule has 1 fully saturated rings. The molecule has 0 aliphatic heterocycles. The Kier molecular flexibility index (Phi) is 4.40. The molecule has 2 N–H and O–H groups in total. The van der Waals surface area contributed by atoms with E-state index < -0.39 is 6.17 Å². The normalized spacial score (nSPS) is 35.3. The zero-order chi connectivity index (χ0) is 5.98. The van der Waals surface area contributed by atoms with Gasteiger partial charge in [-0.05, 0) is 12.8 Å². The molecule has 0 saturated heterocycles. The zero-order valence-corrected chi connectivity index (χ0v) is 7.06. The third kappa shape index (κ3) is 2.63. The van der Waals surface area contributed by atoms with Gasteiger partial charge in [0.2, 0.25) is 0 Å². The largest absolute Gasteiger partial charge is 0.325 e. The fraction of sp³-hybridized carbons (Fsp3) is 1.00. The number of rotatable bonds is 0. The van der Waals surface area contributed by atoms with Crippen molar-refractivity contribution in [3.63, 3.8) is 0 Å². The smallest absolute Gasteiger partial charge is 0.115 e. The summed E-state index contributed by atoms with van der Waals surface area (Å²) in [6.07, 6.45) is 2.97. The van der Waals surface area contributed by atoms with Crippen LogP contribution in [-0.4, -0.2) is 12.2 Å². The SMILES string of the molecule is Br.N[C@H]1CCCC[C@@H]1F. The Balaban J connectivity index is 0.000000640. The molecule has 3 heteroatoms. The number of hydrogen-bond acceptors (Lipinski definition) is 1. The number of halogens is 2. The van der Waals surface area contributed by atoms with E-state index in [4.69, 9.17) is 5.73 Å². The van der Waals surface area contributed by atoms with Crippen LogP contribution in [0.25, 0.3) is 0 Å². The molecule has 0 radical (unpaired) electrons. The summed E-state index contributed by atoms with van der Waals surface area (Å²) in [6, 6.07) is -0.163. The van der Waals surface area contributed by atoms with Gasteiger partial charge in [-0.1, -0.05) is 12.8 Å². The maximum Gasteiger partial charge on any atom is 0.115 e. The lowest BCUT2D eigenvalue weighted by Gasteiger charge is -2.21. The Morgan fingerprint density at radius 1 is 1.22 bits per heavy atom. The molecule has 9 heavy (non-hydrogen) atoms. The second-order valence-electron chi connectivity index (χ2n) is 2.46. The highest BCUT2D eigenvalue weighted by atomic mass is 79.9. The van der Waals surface area contributed by atoms with Crippen molar-refractivity contribution in [1.82, 2.24) is 0 Å². The molecule has 0 heterocycles. The molecule has 0 aromatic carbocycles. The van der Waals surface area contributed by atoms with Crippen LogP contribution in [-0.2, 0) is 0 Å². The van der Waals surface area contributed by atoms with Gasteiger partial charge >= 0.3 is 0 Å². The number of alkyl halides is 1. The fourth-order valence-electron chi connectivity index (χ4n) is 1.11. The van der Waals surface area contributed by atoms with Gasteiger partial charge in [0.1, 0.15) is 6.17 Å². The van der Waals surface area contributed by atoms with E-state index in [1.165, 1.54) is 0 Å². The topological polar surface area (TPSA) is 26.0 Å². The van der Waals surface area contributed by atoms with Gasteiger partial charge < -0.3 is 5.73 Å². The second-order valence-corrected chi connectivity index (χ2v) is 2.46. The Bertz CT molecular complexity index is 69.5. The first-order valence-electron chi connectivity index (χ1n) is 3.20. The van der Waals surface area contributed by atoms with Gasteiger partial charge in [-0.25, -0.2) is 4.39 Å². The molecule has 56 valence electrons. The minimum absolute atomic E-state index is 0. The van der Waals surface area contributed by atoms with Gasteiger partial charge in [0.25, 0.3) is 0 Å². The van der Waals surface area contributed by atoms with E-state index in [2.05, 4.69) is 0 Å². The third-order valence-corrected chi connectivity index (χ3v) is 1.73. The Hall–Kier alpha value is 0.370. The van der Waals surface area contributed by atoms with Gasteiger partial charge in [-0.3, -0.25) is 0 Å². The molecule has 1 rings (SSSR count). The minimum Gasteiger partial charge on any atom is -0.325 e. The number of hydrogen-bond donors (Lipinski definition) is 1. The standard InChI is InChI=1S/C6H12FN.BrH/c7-5-3-1-2-4-6(5)8;/h5-6H,1-4,8H2;1H/t5-,6-;/m0./s1. The van der Waals surface area contributed by atoms with E-state index >= 15 is 0 Å². The summed E-state index contributed by atoms with van der Waals surface area (Å²) in [4.78, 5) is 0. The van der Waals surface area contributed by atoms with E-state index in [-0.39, 0.29) is 23.0 Å². The van der Waals surface area contributed by atoms with Crippen molar-refractivity contribution in [3.05, 3.63) is 0 Å². The Morgan fingerprint density at radius 2 is 1.78 bits per heavy atom. The van der Waals surface area contributed by atoms with Crippen LogP contribution in [0.4, 0.5) is 4.39 Å². The van der Waals surface area contributed by atoms with Gasteiger partial charge in [-0.2, -0.15) is 0 Å². The Labute approximate surface area is 65.6 Å². The first kappa shape index (κ1) is 9.37. The number of nitrogens with two attached hydrogens (primary N) is 1. The first-order chi connectivity index (χ1) is 3.80. The molecule has 0 spiro atoms. The molecule has 0 unspecified atom stereocenters. The lowest BCUT2D eigenvalue weighted by atomic mass is 9.95. The average molecular weight is 198 g/mol. The van der Waals surface area contributed by atoms with Crippen molar-refractivity contribution in [2.75, 3.05) is 0 Å². The second kappa shape index (κ2) is 4.23. The Morgan fingerprint density at radius 3 is 2.11 bits per heavy atom. The minimum atomic E-state index is -0.719. The van der Waals surface area contributed by atoms with Crippen LogP contribution in [0, 0.1) is 0 Å². The molecule has 0 amide bonds. The van der Waals surface area contributed by atoms with E-state index in [0.29, 0.717) is 6.42 Å². The quantitative estimate of drug-likeness (QED) is 0.631. The summed E-state index contributed by atoms with van der Waals surface area (Å²) >= 11 is 0. The first-order valence-corrected chi connectivity index (χ1v) is 3.20. The molecule has 1 aliphatic rings. The molecule has 1 saturated carbocycles. The highest BCUT2D eigenvalue weighted by molar-refractivity contribution is 8.93. The molecular formula is C6H13BrFN. The monoisotopic (exact) mass is 197 g/mol. The fourth-order valence-corrected chi connectivity index (χ4v) is 1.11. The van der Waals surface area contributed by atoms with Crippen LogP contribution in [0.3, 0.4) is 0 Å². The lowest BCUT2D eigenvalue weighted by Crippen LogP contribution is -2.34. The van der Waals surface area contributed by atoms with Crippen molar-refractivity contribution in [2.45, 2.75) is 37.9 Å². The van der Waals surface area contributed by atoms with Crippen LogP contribution in [0.1, 0.15) is 25.7 Å². The van der Waals surface area contributed by atoms with Crippen molar-refractivity contribution in [1.29, 1.82) is 0 Å². The van der Waals surface area contributed by atoms with E-state index in [0.717, 1.165) is 19.3 Å². The predicted molar refractivity (Wildman–Crippen MR) is 41.7 cm³/mol. The van der Waals surface area contributed by atoms with Gasteiger partial charge in [0.15, 0.2) is 0 Å². The maximum atomic E-state index is 12.5. The zero-order valence-electron chi connectivity index (χ0n) is 5.35. The van der Waals surface area contributed by atoms with Crippen molar-refractivity contribution >= 4 is 17.0 Å². The van der Waals surface area contributed by atoms with Crippen molar-refractivity contribution in [2.24, 2.45) is 5.73 Å². The van der Waals surface area contributed by atoms with Crippen LogP contribution < -0.4 is 5.73 Å². The summed E-state index contributed by atoms with van der Waals surface area (Å²) in [5, 5.41) is 0. The summed E-state index contributed by atoms with van der Waals surface area (Å²) in [5.41, 5.74) is 5.40.